The summed E-state index contributed by atoms with van der Waals surface area (Å²) in [5.41, 5.74) is -2.08. The fourth-order valence-corrected chi connectivity index (χ4v) is 5.71. The summed E-state index contributed by atoms with van der Waals surface area (Å²) in [6.45, 7) is 0. The van der Waals surface area contributed by atoms with Crippen LogP contribution in [-0.2, 0) is 10.0 Å². The lowest BCUT2D eigenvalue weighted by Crippen LogP contribution is -2.28. The van der Waals surface area contributed by atoms with Crippen molar-refractivity contribution in [3.05, 3.63) is 97.1 Å². The molecule has 0 unspecified atom stereocenters. The Kier molecular flexibility index (Phi) is 6.23. The summed E-state index contributed by atoms with van der Waals surface area (Å²) in [6, 6.07) is 8.74. The van der Waals surface area contributed by atoms with Crippen LogP contribution in [0.5, 0.6) is 0 Å². The Morgan fingerprint density at radius 1 is 1.18 bits per heavy atom. The SMILES string of the molecule is O=C(O)c1cn(C2CC2)c2cc(N(c3ccc(Br)cn3)S(=O)(=O)c3ccc([N+](=O)[O-])cc3)c(F)cc2c1=O. The Bertz CT molecular complexity index is 1790. The molecule has 11 nitrogen and oxygen atoms in total. The summed E-state index contributed by atoms with van der Waals surface area (Å²) in [5, 5.41) is 20.3. The second kappa shape index (κ2) is 9.29. The Balaban J connectivity index is 1.78. The van der Waals surface area contributed by atoms with Gasteiger partial charge in [0.15, 0.2) is 0 Å². The fourth-order valence-electron chi connectivity index (χ4n) is 4.03. The first-order chi connectivity index (χ1) is 18.0. The lowest BCUT2D eigenvalue weighted by molar-refractivity contribution is -0.384. The number of halogens is 2. The lowest BCUT2D eigenvalue weighted by atomic mass is 10.1. The minimum Gasteiger partial charge on any atom is -0.477 e. The van der Waals surface area contributed by atoms with Gasteiger partial charge in [-0.1, -0.05) is 0 Å². The Morgan fingerprint density at radius 2 is 1.87 bits per heavy atom. The van der Waals surface area contributed by atoms with Crippen molar-refractivity contribution < 1.29 is 27.6 Å². The third-order valence-corrected chi connectivity index (χ3v) is 8.20. The van der Waals surface area contributed by atoms with E-state index in [4.69, 9.17) is 0 Å². The van der Waals surface area contributed by atoms with E-state index in [0.29, 0.717) is 21.6 Å². The van der Waals surface area contributed by atoms with Crippen LogP contribution in [-0.4, -0.2) is 34.0 Å². The molecule has 2 heterocycles. The van der Waals surface area contributed by atoms with Crippen molar-refractivity contribution in [2.45, 2.75) is 23.8 Å². The fraction of sp³-hybridized carbons (Fsp3) is 0.125. The molecular formula is C24H16BrFN4O7S. The molecule has 0 spiro atoms. The number of carboxylic acid groups (broad SMARTS) is 1. The number of pyridine rings is 2. The normalized spacial score (nSPS) is 13.4. The van der Waals surface area contributed by atoms with E-state index in [2.05, 4.69) is 20.9 Å². The molecule has 0 bridgehead atoms. The van der Waals surface area contributed by atoms with Gasteiger partial charge in [0.1, 0.15) is 17.2 Å². The highest BCUT2D eigenvalue weighted by atomic mass is 79.9. The Morgan fingerprint density at radius 3 is 2.42 bits per heavy atom. The Labute approximate surface area is 222 Å². The maximum Gasteiger partial charge on any atom is 0.341 e. The maximum absolute atomic E-state index is 15.7. The van der Waals surface area contributed by atoms with Crippen molar-refractivity contribution in [3.63, 3.8) is 0 Å². The van der Waals surface area contributed by atoms with Crippen LogP contribution in [0.25, 0.3) is 10.9 Å². The third kappa shape index (κ3) is 4.41. The number of nitro groups is 1. The smallest absolute Gasteiger partial charge is 0.341 e. The molecule has 1 fully saturated rings. The van der Waals surface area contributed by atoms with Gasteiger partial charge < -0.3 is 9.67 Å². The zero-order valence-corrected chi connectivity index (χ0v) is 21.5. The molecule has 5 rings (SSSR count). The molecule has 0 radical (unpaired) electrons. The number of nitrogens with zero attached hydrogens (tertiary/aromatic N) is 4. The molecule has 0 amide bonds. The number of hydrogen-bond acceptors (Lipinski definition) is 7. The Hall–Kier alpha value is -4.17. The van der Waals surface area contributed by atoms with Crippen molar-refractivity contribution in [2.75, 3.05) is 4.31 Å². The van der Waals surface area contributed by atoms with E-state index < -0.39 is 43.4 Å². The highest BCUT2D eigenvalue weighted by Crippen LogP contribution is 2.40. The zero-order chi connectivity index (χ0) is 27.4. The van der Waals surface area contributed by atoms with E-state index in [0.717, 1.165) is 30.3 Å². The number of benzene rings is 2. The maximum atomic E-state index is 15.7. The van der Waals surface area contributed by atoms with Gasteiger partial charge in [0, 0.05) is 40.4 Å². The second-order valence-corrected chi connectivity index (χ2v) is 11.2. The van der Waals surface area contributed by atoms with E-state index in [1.807, 2.05) is 0 Å². The van der Waals surface area contributed by atoms with Gasteiger partial charge in [-0.3, -0.25) is 14.9 Å². The molecule has 0 aliphatic heterocycles. The number of carbonyl (C=O) groups is 1. The van der Waals surface area contributed by atoms with Gasteiger partial charge in [-0.15, -0.1) is 0 Å². The average Bonchev–Trinajstić information content (AvgIpc) is 3.71. The van der Waals surface area contributed by atoms with Gasteiger partial charge in [0.2, 0.25) is 5.43 Å². The molecular weight excluding hydrogens is 587 g/mol. The van der Waals surface area contributed by atoms with Crippen molar-refractivity contribution in [3.8, 4) is 0 Å². The summed E-state index contributed by atoms with van der Waals surface area (Å²) in [7, 11) is -4.59. The van der Waals surface area contributed by atoms with E-state index in [9.17, 15) is 33.2 Å². The molecule has 1 aliphatic rings. The number of anilines is 2. The predicted molar refractivity (Wildman–Crippen MR) is 138 cm³/mol. The molecule has 4 aromatic rings. The number of rotatable bonds is 7. The number of fused-ring (bicyclic) bond motifs is 1. The first-order valence-electron chi connectivity index (χ1n) is 11.0. The van der Waals surface area contributed by atoms with E-state index >= 15 is 4.39 Å². The standard InChI is InChI=1S/C24H16BrFN4O7S/c25-13-1-8-22(27-11-13)29(38(36,37)16-6-4-15(5-7-16)30(34)35)21-10-20-17(9-19(21)26)23(31)18(24(32)33)12-28(20)14-2-3-14/h1,4-12,14H,2-3H2,(H,32,33). The van der Waals surface area contributed by atoms with Gasteiger partial charge in [-0.2, -0.15) is 0 Å². The largest absolute Gasteiger partial charge is 0.477 e. The molecule has 0 saturated heterocycles. The summed E-state index contributed by atoms with van der Waals surface area (Å²) in [6.07, 6.45) is 3.89. The molecule has 14 heteroatoms. The number of aromatic carboxylic acids is 1. The van der Waals surface area contributed by atoms with Crippen LogP contribution >= 0.6 is 15.9 Å². The monoisotopic (exact) mass is 602 g/mol. The molecule has 1 saturated carbocycles. The lowest BCUT2D eigenvalue weighted by Gasteiger charge is -2.25. The van der Waals surface area contributed by atoms with E-state index in [-0.39, 0.29) is 33.3 Å². The minimum absolute atomic E-state index is 0.139. The van der Waals surface area contributed by atoms with Crippen molar-refractivity contribution in [1.29, 1.82) is 0 Å². The highest BCUT2D eigenvalue weighted by Gasteiger charge is 2.33. The molecule has 0 atom stereocenters. The van der Waals surface area contributed by atoms with Gasteiger partial charge in [0.25, 0.3) is 15.7 Å². The molecule has 38 heavy (non-hydrogen) atoms. The zero-order valence-electron chi connectivity index (χ0n) is 19.1. The number of sulfonamides is 1. The van der Waals surface area contributed by atoms with Crippen LogP contribution in [0.4, 0.5) is 21.6 Å². The molecule has 1 aliphatic carbocycles. The molecule has 194 valence electrons. The topological polar surface area (TPSA) is 153 Å². The number of aromatic nitrogens is 2. The quantitative estimate of drug-likeness (QED) is 0.234. The summed E-state index contributed by atoms with van der Waals surface area (Å²) >= 11 is 3.22. The van der Waals surface area contributed by atoms with E-state index in [1.54, 1.807) is 0 Å². The van der Waals surface area contributed by atoms with Gasteiger partial charge >= 0.3 is 5.97 Å². The van der Waals surface area contributed by atoms with Crippen LogP contribution in [0, 0.1) is 15.9 Å². The first-order valence-corrected chi connectivity index (χ1v) is 13.3. The predicted octanol–water partition coefficient (Wildman–Crippen LogP) is 4.77. The summed E-state index contributed by atoms with van der Waals surface area (Å²) in [5.74, 6) is -2.76. The number of carboxylic acids is 1. The minimum atomic E-state index is -4.59. The van der Waals surface area contributed by atoms with Crippen LogP contribution < -0.4 is 9.73 Å². The van der Waals surface area contributed by atoms with Crippen molar-refractivity contribution >= 4 is 60.0 Å². The number of non-ortho nitro benzene ring substituents is 1. The summed E-state index contributed by atoms with van der Waals surface area (Å²) < 4.78 is 46.0. The number of nitro benzene ring substituents is 1. The summed E-state index contributed by atoms with van der Waals surface area (Å²) in [4.78, 5) is 38.6. The molecule has 2 aromatic carbocycles. The van der Waals surface area contributed by atoms with Crippen molar-refractivity contribution in [1.82, 2.24) is 9.55 Å². The van der Waals surface area contributed by atoms with Gasteiger partial charge in [0.05, 0.1) is 21.0 Å². The van der Waals surface area contributed by atoms with Crippen molar-refractivity contribution in [2.24, 2.45) is 0 Å². The highest BCUT2D eigenvalue weighted by molar-refractivity contribution is 9.10. The second-order valence-electron chi connectivity index (χ2n) is 8.49. The van der Waals surface area contributed by atoms with Crippen LogP contribution in [0.2, 0.25) is 0 Å². The van der Waals surface area contributed by atoms with E-state index in [1.165, 1.54) is 35.2 Å². The molecule has 2 aromatic heterocycles. The van der Waals surface area contributed by atoms with Crippen LogP contribution in [0.15, 0.2) is 75.1 Å². The van der Waals surface area contributed by atoms with Crippen LogP contribution in [0.3, 0.4) is 0 Å². The third-order valence-electron chi connectivity index (χ3n) is 6.00. The first kappa shape index (κ1) is 25.5. The van der Waals surface area contributed by atoms with Crippen LogP contribution in [0.1, 0.15) is 29.2 Å². The average molecular weight is 603 g/mol. The van der Waals surface area contributed by atoms with Gasteiger partial charge in [-0.05, 0) is 65.2 Å². The number of hydrogen-bond donors (Lipinski definition) is 1. The van der Waals surface area contributed by atoms with Gasteiger partial charge in [-0.25, -0.2) is 26.9 Å². The molecule has 1 N–H and O–H groups in total.